The van der Waals surface area contributed by atoms with E-state index in [0.717, 1.165) is 11.4 Å². The Balaban J connectivity index is 2.04. The summed E-state index contributed by atoms with van der Waals surface area (Å²) in [4.78, 5) is 13.1. The van der Waals surface area contributed by atoms with Gasteiger partial charge in [0, 0.05) is 27.1 Å². The molecule has 0 saturated heterocycles. The first-order valence-corrected chi connectivity index (χ1v) is 5.56. The van der Waals surface area contributed by atoms with Crippen molar-refractivity contribution in [2.24, 2.45) is 0 Å². The van der Waals surface area contributed by atoms with Crippen molar-refractivity contribution in [3.63, 3.8) is 0 Å². The smallest absolute Gasteiger partial charge is 0.224 e. The van der Waals surface area contributed by atoms with Gasteiger partial charge >= 0.3 is 0 Å². The topological polar surface area (TPSA) is 44.4 Å². The molecule has 5 heteroatoms. The van der Waals surface area contributed by atoms with Gasteiger partial charge < -0.3 is 15.5 Å². The first-order chi connectivity index (χ1) is 8.06. The van der Waals surface area contributed by atoms with Crippen LogP contribution in [0.4, 0.5) is 15.8 Å². The standard InChI is InChI=1S/C12H16FN3O/c1-16(2)12(17)6-9-7-14-11-5-8(13)3-4-10(11)15-9/h3-5,9,14-15H,6-7H2,1-2H3/t9-/m0/s1. The Hall–Kier alpha value is -1.78. The van der Waals surface area contributed by atoms with Gasteiger partial charge in [0.25, 0.3) is 0 Å². The third-order valence-corrected chi connectivity index (χ3v) is 2.80. The fourth-order valence-corrected chi connectivity index (χ4v) is 1.81. The molecule has 1 aliphatic rings. The number of amides is 1. The van der Waals surface area contributed by atoms with Gasteiger partial charge in [-0.15, -0.1) is 0 Å². The van der Waals surface area contributed by atoms with E-state index < -0.39 is 0 Å². The molecule has 1 aliphatic heterocycles. The van der Waals surface area contributed by atoms with Crippen LogP contribution in [-0.2, 0) is 4.79 Å². The lowest BCUT2D eigenvalue weighted by atomic mass is 10.1. The number of rotatable bonds is 2. The highest BCUT2D eigenvalue weighted by Crippen LogP contribution is 2.27. The van der Waals surface area contributed by atoms with Crippen molar-refractivity contribution in [3.05, 3.63) is 24.0 Å². The zero-order valence-electron chi connectivity index (χ0n) is 9.96. The molecule has 4 nitrogen and oxygen atoms in total. The van der Waals surface area contributed by atoms with Crippen LogP contribution < -0.4 is 10.6 Å². The summed E-state index contributed by atoms with van der Waals surface area (Å²) in [5.41, 5.74) is 1.59. The van der Waals surface area contributed by atoms with Crippen LogP contribution in [-0.4, -0.2) is 37.5 Å². The predicted molar refractivity (Wildman–Crippen MR) is 65.6 cm³/mol. The molecule has 1 amide bonds. The van der Waals surface area contributed by atoms with Crippen LogP contribution in [0, 0.1) is 5.82 Å². The Labute approximate surface area is 99.8 Å². The van der Waals surface area contributed by atoms with E-state index in [9.17, 15) is 9.18 Å². The summed E-state index contributed by atoms with van der Waals surface area (Å²) in [6.07, 6.45) is 0.427. The minimum atomic E-state index is -0.263. The summed E-state index contributed by atoms with van der Waals surface area (Å²) in [6.45, 7) is 0.621. The molecule has 0 aliphatic carbocycles. The highest BCUT2D eigenvalue weighted by Gasteiger charge is 2.20. The summed E-state index contributed by atoms with van der Waals surface area (Å²) in [7, 11) is 3.48. The number of carbonyl (C=O) groups excluding carboxylic acids is 1. The fraction of sp³-hybridized carbons (Fsp3) is 0.417. The van der Waals surface area contributed by atoms with Gasteiger partial charge in [0.05, 0.1) is 17.4 Å². The Morgan fingerprint density at radius 2 is 2.24 bits per heavy atom. The first kappa shape index (κ1) is 11.7. The molecular weight excluding hydrogens is 221 g/mol. The molecule has 0 spiro atoms. The maximum Gasteiger partial charge on any atom is 0.224 e. The molecular formula is C12H16FN3O. The Bertz CT molecular complexity index is 434. The average molecular weight is 237 g/mol. The second-order valence-electron chi connectivity index (χ2n) is 4.40. The molecule has 0 unspecified atom stereocenters. The normalized spacial score (nSPS) is 17.7. The number of benzene rings is 1. The molecule has 2 rings (SSSR count). The number of fused-ring (bicyclic) bond motifs is 1. The van der Waals surface area contributed by atoms with E-state index in [2.05, 4.69) is 10.6 Å². The fourth-order valence-electron chi connectivity index (χ4n) is 1.81. The molecule has 1 aromatic carbocycles. The maximum absolute atomic E-state index is 13.0. The number of anilines is 2. The molecule has 1 heterocycles. The predicted octanol–water partition coefficient (Wildman–Crippen LogP) is 1.51. The number of hydrogen-bond acceptors (Lipinski definition) is 3. The van der Waals surface area contributed by atoms with Crippen LogP contribution >= 0.6 is 0 Å². The van der Waals surface area contributed by atoms with Crippen molar-refractivity contribution in [2.75, 3.05) is 31.3 Å². The minimum Gasteiger partial charge on any atom is -0.381 e. The third kappa shape index (κ3) is 2.67. The van der Waals surface area contributed by atoms with E-state index in [0.29, 0.717) is 13.0 Å². The van der Waals surface area contributed by atoms with Crippen molar-refractivity contribution in [3.8, 4) is 0 Å². The summed E-state index contributed by atoms with van der Waals surface area (Å²) in [5.74, 6) is -0.185. The van der Waals surface area contributed by atoms with E-state index in [1.807, 2.05) is 0 Å². The van der Waals surface area contributed by atoms with Gasteiger partial charge in [-0.2, -0.15) is 0 Å². The van der Waals surface area contributed by atoms with E-state index in [-0.39, 0.29) is 17.8 Å². The number of nitrogens with zero attached hydrogens (tertiary/aromatic N) is 1. The van der Waals surface area contributed by atoms with Gasteiger partial charge in [0.1, 0.15) is 5.82 Å². The van der Waals surface area contributed by atoms with Crippen LogP contribution in [0.3, 0.4) is 0 Å². The van der Waals surface area contributed by atoms with Crippen molar-refractivity contribution >= 4 is 17.3 Å². The molecule has 0 bridgehead atoms. The second kappa shape index (κ2) is 4.61. The quantitative estimate of drug-likeness (QED) is 0.819. The molecule has 1 aromatic rings. The summed E-state index contributed by atoms with van der Waals surface area (Å²) >= 11 is 0. The maximum atomic E-state index is 13.0. The number of nitrogens with one attached hydrogen (secondary N) is 2. The van der Waals surface area contributed by atoms with Crippen LogP contribution in [0.2, 0.25) is 0 Å². The average Bonchev–Trinajstić information content (AvgIpc) is 2.29. The molecule has 0 fully saturated rings. The van der Waals surface area contributed by atoms with Gasteiger partial charge in [-0.1, -0.05) is 0 Å². The number of carbonyl (C=O) groups is 1. The Kier molecular flexibility index (Phi) is 3.17. The summed E-state index contributed by atoms with van der Waals surface area (Å²) in [6, 6.07) is 4.59. The largest absolute Gasteiger partial charge is 0.381 e. The highest BCUT2D eigenvalue weighted by molar-refractivity contribution is 5.78. The SMILES string of the molecule is CN(C)C(=O)C[C@H]1CNc2cc(F)ccc2N1. The van der Waals surface area contributed by atoms with Crippen LogP contribution in [0.15, 0.2) is 18.2 Å². The van der Waals surface area contributed by atoms with Gasteiger partial charge in [-0.05, 0) is 18.2 Å². The molecule has 2 N–H and O–H groups in total. The van der Waals surface area contributed by atoms with Gasteiger partial charge in [-0.3, -0.25) is 4.79 Å². The molecule has 17 heavy (non-hydrogen) atoms. The Morgan fingerprint density at radius 3 is 2.94 bits per heavy atom. The van der Waals surface area contributed by atoms with Gasteiger partial charge in [0.15, 0.2) is 0 Å². The molecule has 92 valence electrons. The lowest BCUT2D eigenvalue weighted by Crippen LogP contribution is -2.37. The zero-order chi connectivity index (χ0) is 12.4. The zero-order valence-corrected chi connectivity index (χ0v) is 9.96. The van der Waals surface area contributed by atoms with Gasteiger partial charge in [-0.25, -0.2) is 4.39 Å². The van der Waals surface area contributed by atoms with Crippen LogP contribution in [0.25, 0.3) is 0 Å². The highest BCUT2D eigenvalue weighted by atomic mass is 19.1. The first-order valence-electron chi connectivity index (χ1n) is 5.56. The molecule has 0 radical (unpaired) electrons. The third-order valence-electron chi connectivity index (χ3n) is 2.80. The van der Waals surface area contributed by atoms with Crippen molar-refractivity contribution in [1.29, 1.82) is 0 Å². The van der Waals surface area contributed by atoms with Crippen LogP contribution in [0.1, 0.15) is 6.42 Å². The number of halogens is 1. The second-order valence-corrected chi connectivity index (χ2v) is 4.40. The Morgan fingerprint density at radius 1 is 1.47 bits per heavy atom. The van der Waals surface area contributed by atoms with E-state index in [1.165, 1.54) is 12.1 Å². The van der Waals surface area contributed by atoms with E-state index in [4.69, 9.17) is 0 Å². The lowest BCUT2D eigenvalue weighted by molar-refractivity contribution is -0.128. The van der Waals surface area contributed by atoms with Crippen molar-refractivity contribution in [2.45, 2.75) is 12.5 Å². The molecule has 1 atom stereocenters. The van der Waals surface area contributed by atoms with E-state index in [1.54, 1.807) is 25.1 Å². The van der Waals surface area contributed by atoms with Crippen molar-refractivity contribution in [1.82, 2.24) is 4.90 Å². The summed E-state index contributed by atoms with van der Waals surface area (Å²) in [5, 5.41) is 6.36. The monoisotopic (exact) mass is 237 g/mol. The molecule has 0 saturated carbocycles. The molecule has 0 aromatic heterocycles. The lowest BCUT2D eigenvalue weighted by Gasteiger charge is -2.28. The van der Waals surface area contributed by atoms with Crippen molar-refractivity contribution < 1.29 is 9.18 Å². The van der Waals surface area contributed by atoms with Crippen LogP contribution in [0.5, 0.6) is 0 Å². The summed E-state index contributed by atoms with van der Waals surface area (Å²) < 4.78 is 13.0. The number of hydrogen-bond donors (Lipinski definition) is 2. The minimum absolute atomic E-state index is 0.0443. The van der Waals surface area contributed by atoms with E-state index >= 15 is 0 Å². The van der Waals surface area contributed by atoms with Gasteiger partial charge in [0.2, 0.25) is 5.91 Å².